The number of nitrogens with one attached hydrogen (secondary N) is 1. The number of anilines is 2. The van der Waals surface area contributed by atoms with Crippen LogP contribution in [0.1, 0.15) is 41.7 Å². The number of thiocarbonyl (C=S) groups is 1. The molecule has 40 heavy (non-hydrogen) atoms. The van der Waals surface area contributed by atoms with E-state index in [9.17, 15) is 27.9 Å². The molecule has 1 aliphatic carbocycles. The van der Waals surface area contributed by atoms with Gasteiger partial charge >= 0.3 is 12.1 Å². The van der Waals surface area contributed by atoms with Crippen molar-refractivity contribution >= 4 is 45.6 Å². The average molecular weight is 579 g/mol. The molecule has 1 atom stereocenters. The molecule has 1 saturated carbocycles. The van der Waals surface area contributed by atoms with Crippen LogP contribution in [-0.2, 0) is 6.18 Å². The molecule has 5 rings (SSSR count). The highest BCUT2D eigenvalue weighted by Crippen LogP contribution is 2.44. The fourth-order valence-corrected chi connectivity index (χ4v) is 5.51. The third-order valence-electron chi connectivity index (χ3n) is 7.24. The zero-order valence-corrected chi connectivity index (χ0v) is 22.4. The monoisotopic (exact) mass is 578 g/mol. The van der Waals surface area contributed by atoms with E-state index in [-0.39, 0.29) is 28.9 Å². The molecule has 8 nitrogen and oxygen atoms in total. The molecule has 0 amide bonds. The topological polar surface area (TPSA) is 87.0 Å². The normalized spacial score (nSPS) is 17.7. The molecule has 2 N–H and O–H groups in total. The number of hydrogen-bond acceptors (Lipinski definition) is 5. The SMILES string of the molecule is COc1c(N2CCN(C(=S)Nc3ccc(C(F)(F)F)cc3)C(C)C2)c(F)cc2c(=O)c(C(=O)O)cn(C3CC3)c12. The molecule has 13 heteroatoms. The molecule has 2 aromatic carbocycles. The second-order valence-corrected chi connectivity index (χ2v) is 10.3. The van der Waals surface area contributed by atoms with Crippen LogP contribution in [0.3, 0.4) is 0 Å². The van der Waals surface area contributed by atoms with E-state index >= 15 is 4.39 Å². The van der Waals surface area contributed by atoms with Crippen molar-refractivity contribution in [1.82, 2.24) is 9.47 Å². The number of carboxylic acid groups (broad SMARTS) is 1. The maximum absolute atomic E-state index is 15.7. The lowest BCUT2D eigenvalue weighted by atomic mass is 10.1. The van der Waals surface area contributed by atoms with Crippen LogP contribution in [0.2, 0.25) is 0 Å². The van der Waals surface area contributed by atoms with Crippen molar-refractivity contribution in [2.75, 3.05) is 37.0 Å². The Morgan fingerprint density at radius 1 is 1.18 bits per heavy atom. The zero-order valence-electron chi connectivity index (χ0n) is 21.6. The molecule has 1 aromatic heterocycles. The number of alkyl halides is 3. The lowest BCUT2D eigenvalue weighted by Gasteiger charge is -2.42. The number of carbonyl (C=O) groups is 1. The average Bonchev–Trinajstić information content (AvgIpc) is 3.73. The third kappa shape index (κ3) is 5.05. The summed E-state index contributed by atoms with van der Waals surface area (Å²) in [6, 6.07) is 5.40. The molecule has 2 fully saturated rings. The number of methoxy groups -OCH3 is 1. The summed E-state index contributed by atoms with van der Waals surface area (Å²) in [5.41, 5.74) is -1.03. The number of fused-ring (bicyclic) bond motifs is 1. The van der Waals surface area contributed by atoms with Crippen molar-refractivity contribution in [3.8, 4) is 5.75 Å². The van der Waals surface area contributed by atoms with E-state index in [2.05, 4.69) is 5.32 Å². The van der Waals surface area contributed by atoms with Gasteiger partial charge in [-0.25, -0.2) is 9.18 Å². The molecule has 1 aliphatic heterocycles. The Hall–Kier alpha value is -3.87. The standard InChI is InChI=1S/C27H26F4N4O4S/c1-14-12-33(9-10-34(14)26(40)32-16-5-3-15(4-6-16)27(29,30)31)22-20(28)11-18-21(24(22)39-2)35(17-7-8-17)13-19(23(18)36)25(37)38/h3-6,11,13-14,17H,7-10,12H2,1-2H3,(H,32,40)(H,37,38). The van der Waals surface area contributed by atoms with Gasteiger partial charge in [0.2, 0.25) is 5.43 Å². The van der Waals surface area contributed by atoms with Crippen LogP contribution in [0.4, 0.5) is 28.9 Å². The van der Waals surface area contributed by atoms with E-state index in [0.717, 1.165) is 31.0 Å². The molecule has 0 radical (unpaired) electrons. The molecule has 212 valence electrons. The summed E-state index contributed by atoms with van der Waals surface area (Å²) in [7, 11) is 1.38. The summed E-state index contributed by atoms with van der Waals surface area (Å²) in [4.78, 5) is 28.3. The fraction of sp³-hybridized carbons (Fsp3) is 0.370. The zero-order chi connectivity index (χ0) is 28.9. The summed E-state index contributed by atoms with van der Waals surface area (Å²) in [5, 5.41) is 12.8. The largest absolute Gasteiger partial charge is 0.492 e. The number of carboxylic acids is 1. The summed E-state index contributed by atoms with van der Waals surface area (Å²) >= 11 is 5.52. The van der Waals surface area contributed by atoms with Crippen molar-refractivity contribution in [3.63, 3.8) is 0 Å². The fourth-order valence-electron chi connectivity index (χ4n) is 5.12. The lowest BCUT2D eigenvalue weighted by Crippen LogP contribution is -2.55. The van der Waals surface area contributed by atoms with Crippen LogP contribution in [0, 0.1) is 5.82 Å². The molecule has 1 saturated heterocycles. The third-order valence-corrected chi connectivity index (χ3v) is 7.58. The number of benzene rings is 2. The molecular weight excluding hydrogens is 552 g/mol. The Morgan fingerprint density at radius 3 is 2.40 bits per heavy atom. The molecule has 1 unspecified atom stereocenters. The number of ether oxygens (including phenoxy) is 1. The Labute approximate surface area is 231 Å². The quantitative estimate of drug-likeness (QED) is 0.319. The molecule has 0 spiro atoms. The van der Waals surface area contributed by atoms with Crippen LogP contribution in [0.5, 0.6) is 5.75 Å². The summed E-state index contributed by atoms with van der Waals surface area (Å²) in [6.45, 7) is 2.92. The predicted octanol–water partition coefficient (Wildman–Crippen LogP) is 5.11. The number of hydrogen-bond donors (Lipinski definition) is 2. The van der Waals surface area contributed by atoms with Gasteiger partial charge in [-0.15, -0.1) is 0 Å². The van der Waals surface area contributed by atoms with E-state index in [1.807, 2.05) is 11.8 Å². The van der Waals surface area contributed by atoms with Gasteiger partial charge in [-0.1, -0.05) is 0 Å². The van der Waals surface area contributed by atoms with Gasteiger partial charge in [-0.3, -0.25) is 4.79 Å². The second kappa shape index (κ2) is 10.3. The van der Waals surface area contributed by atoms with Gasteiger partial charge < -0.3 is 29.5 Å². The van der Waals surface area contributed by atoms with Crippen LogP contribution >= 0.6 is 12.2 Å². The van der Waals surface area contributed by atoms with Gasteiger partial charge in [-0.2, -0.15) is 13.2 Å². The van der Waals surface area contributed by atoms with Crippen LogP contribution < -0.4 is 20.4 Å². The van der Waals surface area contributed by atoms with Gasteiger partial charge in [0.25, 0.3) is 0 Å². The lowest BCUT2D eigenvalue weighted by molar-refractivity contribution is -0.137. The van der Waals surface area contributed by atoms with Crippen molar-refractivity contribution < 1.29 is 32.2 Å². The summed E-state index contributed by atoms with van der Waals surface area (Å²) < 4.78 is 61.6. The van der Waals surface area contributed by atoms with Gasteiger partial charge in [0.15, 0.2) is 16.7 Å². The minimum atomic E-state index is -4.44. The number of piperazine rings is 1. The van der Waals surface area contributed by atoms with Crippen molar-refractivity contribution in [2.45, 2.75) is 38.0 Å². The van der Waals surface area contributed by atoms with Gasteiger partial charge in [0.1, 0.15) is 11.3 Å². The number of aromatic carboxylic acids is 1. The van der Waals surface area contributed by atoms with Crippen LogP contribution in [0.15, 0.2) is 41.3 Å². The Morgan fingerprint density at radius 2 is 1.85 bits per heavy atom. The summed E-state index contributed by atoms with van der Waals surface area (Å²) in [6.07, 6.45) is -1.53. The highest BCUT2D eigenvalue weighted by Gasteiger charge is 2.34. The van der Waals surface area contributed by atoms with E-state index in [1.54, 1.807) is 9.47 Å². The van der Waals surface area contributed by atoms with Gasteiger partial charge in [0, 0.05) is 43.6 Å². The minimum absolute atomic E-state index is 0.0159. The van der Waals surface area contributed by atoms with Gasteiger partial charge in [0.05, 0.1) is 23.6 Å². The molecule has 3 aromatic rings. The number of aromatic nitrogens is 1. The van der Waals surface area contributed by atoms with Crippen LogP contribution in [0.25, 0.3) is 10.9 Å². The maximum atomic E-state index is 15.7. The Kier molecular flexibility index (Phi) is 7.11. The van der Waals surface area contributed by atoms with E-state index < -0.39 is 34.5 Å². The van der Waals surface area contributed by atoms with Crippen LogP contribution in [-0.4, -0.2) is 58.4 Å². The van der Waals surface area contributed by atoms with Crippen molar-refractivity contribution in [3.05, 3.63) is 63.7 Å². The highest BCUT2D eigenvalue weighted by atomic mass is 32.1. The predicted molar refractivity (Wildman–Crippen MR) is 146 cm³/mol. The van der Waals surface area contributed by atoms with E-state index in [0.29, 0.717) is 36.0 Å². The molecule has 2 aliphatic rings. The first-order valence-corrected chi connectivity index (χ1v) is 13.0. The molecular formula is C27H26F4N4O4S. The smallest absolute Gasteiger partial charge is 0.416 e. The maximum Gasteiger partial charge on any atom is 0.416 e. The number of halogens is 4. The second-order valence-electron chi connectivity index (χ2n) is 9.95. The van der Waals surface area contributed by atoms with Crippen molar-refractivity contribution in [2.24, 2.45) is 0 Å². The first-order valence-electron chi connectivity index (χ1n) is 12.6. The molecule has 2 heterocycles. The van der Waals surface area contributed by atoms with E-state index in [1.165, 1.54) is 25.4 Å². The number of pyridine rings is 1. The summed E-state index contributed by atoms with van der Waals surface area (Å²) in [5.74, 6) is -1.94. The van der Waals surface area contributed by atoms with Crippen molar-refractivity contribution in [1.29, 1.82) is 0 Å². The Balaban J connectivity index is 1.42. The first kappa shape index (κ1) is 27.7. The minimum Gasteiger partial charge on any atom is -0.492 e. The Bertz CT molecular complexity index is 1550. The number of rotatable bonds is 5. The van der Waals surface area contributed by atoms with Gasteiger partial charge in [-0.05, 0) is 62.3 Å². The molecule has 0 bridgehead atoms. The highest BCUT2D eigenvalue weighted by molar-refractivity contribution is 7.80. The number of nitrogens with zero attached hydrogens (tertiary/aromatic N) is 3. The first-order chi connectivity index (χ1) is 18.9. The van der Waals surface area contributed by atoms with E-state index in [4.69, 9.17) is 17.0 Å².